The number of morpholine rings is 1. The van der Waals surface area contributed by atoms with Crippen LogP contribution in [0.4, 0.5) is 15.0 Å². The van der Waals surface area contributed by atoms with Crippen LogP contribution in [0.15, 0.2) is 109 Å². The summed E-state index contributed by atoms with van der Waals surface area (Å²) in [6, 6.07) is 36.5. The lowest BCUT2D eigenvalue weighted by Crippen LogP contribution is -2.59. The fraction of sp³-hybridized carbons (Fsp3) is 0.358. The summed E-state index contributed by atoms with van der Waals surface area (Å²) in [6.45, 7) is 16.5. The van der Waals surface area contributed by atoms with Gasteiger partial charge in [0, 0.05) is 60.2 Å². The molecule has 66 heavy (non-hydrogen) atoms. The molecule has 0 N–H and O–H groups in total. The van der Waals surface area contributed by atoms with Gasteiger partial charge in [0.25, 0.3) is 0 Å². The summed E-state index contributed by atoms with van der Waals surface area (Å²) in [5.74, 6) is -0.138. The van der Waals surface area contributed by atoms with Crippen LogP contribution in [0.5, 0.6) is 6.01 Å². The second-order valence-corrected chi connectivity index (χ2v) is 19.2. The number of fused-ring (bicyclic) bond motifs is 2. The molecule has 0 bridgehead atoms. The zero-order valence-corrected chi connectivity index (χ0v) is 39.6. The predicted molar refractivity (Wildman–Crippen MR) is 259 cm³/mol. The van der Waals surface area contributed by atoms with Crippen molar-refractivity contribution in [2.75, 3.05) is 51.3 Å². The molecule has 2 fully saturated rings. The zero-order chi connectivity index (χ0) is 46.5. The van der Waals surface area contributed by atoms with Crippen LogP contribution in [-0.2, 0) is 15.0 Å². The Morgan fingerprint density at radius 3 is 2.05 bits per heavy atom. The summed E-state index contributed by atoms with van der Waals surface area (Å²) in [4.78, 5) is 29.2. The SMILES string of the molecule is Cc1ccc2c(c(C)nn2C(c2ccccc2)(c2ccccc2)c2ccccc2)c1-c1c(Cl)cc2c(N3C[C@@H](C)N(C(=O)OC(C)(C)C)C[C@@H]3C)nc(OCC3CN(C)CCO3)nc2c1F. The van der Waals surface area contributed by atoms with Gasteiger partial charge in [-0.2, -0.15) is 15.1 Å². The average molecular weight is 911 g/mol. The van der Waals surface area contributed by atoms with Gasteiger partial charge in [-0.1, -0.05) is 109 Å². The van der Waals surface area contributed by atoms with E-state index in [4.69, 9.17) is 40.9 Å². The number of aromatic nitrogens is 4. The molecule has 2 aliphatic heterocycles. The van der Waals surface area contributed by atoms with E-state index in [1.54, 1.807) is 11.0 Å². The van der Waals surface area contributed by atoms with E-state index in [9.17, 15) is 4.79 Å². The molecule has 0 radical (unpaired) electrons. The van der Waals surface area contributed by atoms with Gasteiger partial charge in [-0.15, -0.1) is 0 Å². The Balaban J connectivity index is 1.23. The highest BCUT2D eigenvalue weighted by atomic mass is 35.5. The van der Waals surface area contributed by atoms with E-state index in [-0.39, 0.29) is 53.0 Å². The molecule has 5 aromatic carbocycles. The van der Waals surface area contributed by atoms with Gasteiger partial charge in [0.05, 0.1) is 22.8 Å². The number of halogens is 2. The van der Waals surface area contributed by atoms with Gasteiger partial charge in [0.2, 0.25) is 0 Å². The predicted octanol–water partition coefficient (Wildman–Crippen LogP) is 10.4. The van der Waals surface area contributed by atoms with Gasteiger partial charge in [0.15, 0.2) is 5.82 Å². The second-order valence-electron chi connectivity index (χ2n) is 18.8. The fourth-order valence-corrected chi connectivity index (χ4v) is 10.1. The number of benzene rings is 5. The molecule has 13 heteroatoms. The van der Waals surface area contributed by atoms with E-state index in [0.717, 1.165) is 39.7 Å². The third-order valence-electron chi connectivity index (χ3n) is 12.8. The van der Waals surface area contributed by atoms with Crippen molar-refractivity contribution >= 4 is 45.3 Å². The molecule has 11 nitrogen and oxygen atoms in total. The molecule has 3 atom stereocenters. The number of anilines is 1. The van der Waals surface area contributed by atoms with Crippen molar-refractivity contribution in [1.29, 1.82) is 0 Å². The molecule has 2 aliphatic rings. The lowest BCUT2D eigenvalue weighted by Gasteiger charge is -2.45. The number of amides is 1. The van der Waals surface area contributed by atoms with Crippen LogP contribution in [0.2, 0.25) is 5.02 Å². The van der Waals surface area contributed by atoms with Crippen LogP contribution >= 0.6 is 11.6 Å². The number of hydrogen-bond donors (Lipinski definition) is 0. The third kappa shape index (κ3) is 8.24. The molecule has 2 aromatic heterocycles. The summed E-state index contributed by atoms with van der Waals surface area (Å²) in [6.07, 6.45) is -0.603. The Kier molecular flexibility index (Phi) is 12.3. The monoisotopic (exact) mass is 909 g/mol. The standard InChI is InChI=1S/C53H57ClFN7O4/c1-33-24-25-43-45(36(4)58-62(43)53(37-18-12-9-13-19-37,38-20-14-10-15-21-38)39-22-16-11-17-23-39)44(33)46-42(54)28-41-48(47(46)55)56-50(65-32-40-31-59(8)26-27-64-40)57-49(41)60-29-35(3)61(30-34(60)2)51(63)66-52(5,6)7/h9-25,28,34-35,40H,26-27,29-32H2,1-8H3/t34-,35+,40?/m0/s1. The van der Waals surface area contributed by atoms with Gasteiger partial charge in [0.1, 0.15) is 35.2 Å². The largest absolute Gasteiger partial charge is 0.461 e. The number of nitrogens with zero attached hydrogens (tertiary/aromatic N) is 7. The topological polar surface area (TPSA) is 98.1 Å². The number of carbonyl (C=O) groups excluding carboxylic acids is 1. The van der Waals surface area contributed by atoms with Gasteiger partial charge in [-0.05, 0) is 89.9 Å². The van der Waals surface area contributed by atoms with Crippen molar-refractivity contribution in [3.05, 3.63) is 148 Å². The minimum atomic E-state index is -0.916. The highest BCUT2D eigenvalue weighted by molar-refractivity contribution is 6.35. The van der Waals surface area contributed by atoms with Gasteiger partial charge < -0.3 is 28.9 Å². The highest BCUT2D eigenvalue weighted by Crippen LogP contribution is 2.47. The van der Waals surface area contributed by atoms with Crippen molar-refractivity contribution in [3.8, 4) is 17.1 Å². The zero-order valence-electron chi connectivity index (χ0n) is 38.9. The first-order valence-corrected chi connectivity index (χ1v) is 23.1. The Morgan fingerprint density at radius 1 is 0.833 bits per heavy atom. The second kappa shape index (κ2) is 18.0. The number of hydrogen-bond acceptors (Lipinski definition) is 9. The molecule has 1 amide bonds. The van der Waals surface area contributed by atoms with Gasteiger partial charge in [-0.3, -0.25) is 0 Å². The number of piperazine rings is 1. The molecular formula is C53H57ClFN7O4. The smallest absolute Gasteiger partial charge is 0.410 e. The number of carbonyl (C=O) groups is 1. The van der Waals surface area contributed by atoms with Crippen LogP contribution in [0.1, 0.15) is 62.6 Å². The quantitative estimate of drug-likeness (QED) is 0.131. The highest BCUT2D eigenvalue weighted by Gasteiger charge is 2.42. The Labute approximate surface area is 391 Å². The molecule has 2 saturated heterocycles. The summed E-state index contributed by atoms with van der Waals surface area (Å²) < 4.78 is 38.4. The van der Waals surface area contributed by atoms with Crippen molar-refractivity contribution in [2.45, 2.75) is 77.8 Å². The van der Waals surface area contributed by atoms with Crippen LogP contribution in [0.3, 0.4) is 0 Å². The van der Waals surface area contributed by atoms with Crippen molar-refractivity contribution in [3.63, 3.8) is 0 Å². The van der Waals surface area contributed by atoms with Crippen molar-refractivity contribution in [2.24, 2.45) is 0 Å². The number of rotatable bonds is 9. The van der Waals surface area contributed by atoms with E-state index >= 15 is 4.39 Å². The normalized spacial score (nSPS) is 18.5. The molecule has 7 aromatic rings. The Bertz CT molecular complexity index is 2790. The number of likely N-dealkylation sites (N-methyl/N-ethyl adjacent to an activating group) is 1. The summed E-state index contributed by atoms with van der Waals surface area (Å²) in [5, 5.41) is 6.81. The maximum Gasteiger partial charge on any atom is 0.410 e. The summed E-state index contributed by atoms with van der Waals surface area (Å²) in [7, 11) is 2.04. The molecule has 4 heterocycles. The Morgan fingerprint density at radius 2 is 1.45 bits per heavy atom. The average Bonchev–Trinajstić information content (AvgIpc) is 3.63. The molecule has 0 spiro atoms. The van der Waals surface area contributed by atoms with Crippen molar-refractivity contribution < 1.29 is 23.4 Å². The molecular weight excluding hydrogens is 853 g/mol. The maximum atomic E-state index is 18.2. The third-order valence-corrected chi connectivity index (χ3v) is 13.1. The minimum absolute atomic E-state index is 0.0215. The maximum absolute atomic E-state index is 18.2. The van der Waals surface area contributed by atoms with Crippen LogP contribution in [0.25, 0.3) is 32.9 Å². The summed E-state index contributed by atoms with van der Waals surface area (Å²) in [5.41, 5.74) is 4.72. The first-order chi connectivity index (χ1) is 31.6. The van der Waals surface area contributed by atoms with Crippen LogP contribution in [-0.4, -0.2) is 106 Å². The van der Waals surface area contributed by atoms with Crippen LogP contribution < -0.4 is 9.64 Å². The van der Waals surface area contributed by atoms with Crippen LogP contribution in [0, 0.1) is 19.7 Å². The Hall–Kier alpha value is -6.08. The fourth-order valence-electron chi connectivity index (χ4n) is 9.78. The van der Waals surface area contributed by atoms with Gasteiger partial charge in [-0.25, -0.2) is 13.9 Å². The molecule has 0 saturated carbocycles. The number of aryl methyl sites for hydroxylation is 2. The van der Waals surface area contributed by atoms with E-state index in [0.29, 0.717) is 48.7 Å². The van der Waals surface area contributed by atoms with E-state index in [1.807, 2.05) is 116 Å². The van der Waals surface area contributed by atoms with Crippen molar-refractivity contribution in [1.82, 2.24) is 29.5 Å². The lowest BCUT2D eigenvalue weighted by molar-refractivity contribution is -0.0416. The summed E-state index contributed by atoms with van der Waals surface area (Å²) >= 11 is 7.41. The lowest BCUT2D eigenvalue weighted by atomic mass is 9.77. The first-order valence-electron chi connectivity index (χ1n) is 22.7. The van der Waals surface area contributed by atoms with E-state index < -0.39 is 17.0 Å². The minimum Gasteiger partial charge on any atom is -0.461 e. The molecule has 0 aliphatic carbocycles. The van der Waals surface area contributed by atoms with Gasteiger partial charge >= 0.3 is 12.1 Å². The molecule has 342 valence electrons. The molecule has 1 unspecified atom stereocenters. The first kappa shape index (κ1) is 45.1. The number of ether oxygens (including phenoxy) is 3. The van der Waals surface area contributed by atoms with E-state index in [1.165, 1.54) is 0 Å². The van der Waals surface area contributed by atoms with E-state index in [2.05, 4.69) is 56.9 Å². The molecule has 9 rings (SSSR count).